The summed E-state index contributed by atoms with van der Waals surface area (Å²) in [6.45, 7) is 0. The zero-order chi connectivity index (χ0) is 12.4. The third-order valence-electron chi connectivity index (χ3n) is 3.45. The van der Waals surface area contributed by atoms with Gasteiger partial charge in [-0.3, -0.25) is 9.78 Å². The Balaban J connectivity index is 2.16. The van der Waals surface area contributed by atoms with Crippen molar-refractivity contribution >= 4 is 22.3 Å². The molecule has 2 heteroatoms. The summed E-state index contributed by atoms with van der Waals surface area (Å²) in [5.41, 5.74) is 3.32. The van der Waals surface area contributed by atoms with E-state index in [4.69, 9.17) is 0 Å². The lowest BCUT2D eigenvalue weighted by molar-refractivity contribution is -0.114. The molecule has 1 aliphatic rings. The molecule has 2 nitrogen and oxygen atoms in total. The lowest BCUT2D eigenvalue weighted by atomic mass is 9.97. The Hall–Kier alpha value is -1.96. The maximum Gasteiger partial charge on any atom is 0.155 e. The molecule has 1 heterocycles. The molecule has 1 aromatic heterocycles. The molecule has 1 aliphatic carbocycles. The molecule has 0 radical (unpaired) electrons. The first-order valence-electron chi connectivity index (χ1n) is 6.42. The van der Waals surface area contributed by atoms with Gasteiger partial charge in [0.25, 0.3) is 0 Å². The van der Waals surface area contributed by atoms with Crippen LogP contribution < -0.4 is 0 Å². The number of pyridine rings is 1. The average Bonchev–Trinajstić information content (AvgIpc) is 2.63. The number of hydrogen-bond donors (Lipinski definition) is 0. The minimum atomic E-state index is 0.253. The molecule has 3 rings (SSSR count). The molecule has 0 aliphatic heterocycles. The standard InChI is InChI=1S/C16H15NO/c18-13-6-2-1-5-12(11-13)14-7-3-9-16-15(14)8-4-10-17-16/h3-4,7-11H,1-2,5-6H2. The smallest absolute Gasteiger partial charge is 0.155 e. The van der Waals surface area contributed by atoms with Crippen LogP contribution >= 0.6 is 0 Å². The topological polar surface area (TPSA) is 30.0 Å². The van der Waals surface area contributed by atoms with Crippen LogP contribution in [0.15, 0.2) is 42.6 Å². The SMILES string of the molecule is O=C1C=C(c2cccc3ncccc23)CCCC1. The van der Waals surface area contributed by atoms with E-state index < -0.39 is 0 Å². The van der Waals surface area contributed by atoms with Crippen molar-refractivity contribution in [1.29, 1.82) is 0 Å². The van der Waals surface area contributed by atoms with Gasteiger partial charge in [-0.05, 0) is 48.6 Å². The Morgan fingerprint density at radius 3 is 2.83 bits per heavy atom. The Morgan fingerprint density at radius 2 is 1.89 bits per heavy atom. The Kier molecular flexibility index (Phi) is 2.93. The van der Waals surface area contributed by atoms with Crippen LogP contribution in [0.1, 0.15) is 31.2 Å². The number of allylic oxidation sites excluding steroid dienone is 2. The number of aromatic nitrogens is 1. The fraction of sp³-hybridized carbons (Fsp3) is 0.250. The third kappa shape index (κ3) is 2.06. The molecule has 18 heavy (non-hydrogen) atoms. The van der Waals surface area contributed by atoms with Gasteiger partial charge in [0.05, 0.1) is 5.52 Å². The molecule has 0 saturated carbocycles. The van der Waals surface area contributed by atoms with Crippen LogP contribution in [0.4, 0.5) is 0 Å². The average molecular weight is 237 g/mol. The van der Waals surface area contributed by atoms with Crippen LogP contribution in [0.2, 0.25) is 0 Å². The van der Waals surface area contributed by atoms with Gasteiger partial charge in [0.1, 0.15) is 0 Å². The zero-order valence-electron chi connectivity index (χ0n) is 10.2. The van der Waals surface area contributed by atoms with Gasteiger partial charge in [-0.15, -0.1) is 0 Å². The molecule has 0 amide bonds. The first-order chi connectivity index (χ1) is 8.84. The first-order valence-corrected chi connectivity index (χ1v) is 6.42. The molecule has 0 atom stereocenters. The highest BCUT2D eigenvalue weighted by molar-refractivity contribution is 6.01. The second kappa shape index (κ2) is 4.73. The summed E-state index contributed by atoms with van der Waals surface area (Å²) >= 11 is 0. The van der Waals surface area contributed by atoms with Crippen molar-refractivity contribution in [3.8, 4) is 0 Å². The van der Waals surface area contributed by atoms with Crippen molar-refractivity contribution in [2.45, 2.75) is 25.7 Å². The summed E-state index contributed by atoms with van der Waals surface area (Å²) in [5, 5.41) is 1.14. The monoisotopic (exact) mass is 237 g/mol. The van der Waals surface area contributed by atoms with Crippen molar-refractivity contribution < 1.29 is 4.79 Å². The highest BCUT2D eigenvalue weighted by atomic mass is 16.1. The summed E-state index contributed by atoms with van der Waals surface area (Å²) in [4.78, 5) is 16.1. The summed E-state index contributed by atoms with van der Waals surface area (Å²) in [6, 6.07) is 10.1. The van der Waals surface area contributed by atoms with Crippen molar-refractivity contribution in [2.75, 3.05) is 0 Å². The highest BCUT2D eigenvalue weighted by Crippen LogP contribution is 2.29. The third-order valence-corrected chi connectivity index (χ3v) is 3.45. The normalized spacial score (nSPS) is 16.4. The number of carbonyl (C=O) groups excluding carboxylic acids is 1. The highest BCUT2D eigenvalue weighted by Gasteiger charge is 2.12. The van der Waals surface area contributed by atoms with Crippen LogP contribution in [0, 0.1) is 0 Å². The van der Waals surface area contributed by atoms with Gasteiger partial charge < -0.3 is 0 Å². The predicted molar refractivity (Wildman–Crippen MR) is 73.2 cm³/mol. The Labute approximate surface area is 106 Å². The van der Waals surface area contributed by atoms with E-state index >= 15 is 0 Å². The summed E-state index contributed by atoms with van der Waals surface area (Å²) < 4.78 is 0. The molecule has 0 bridgehead atoms. The number of carbonyl (C=O) groups is 1. The number of nitrogens with zero attached hydrogens (tertiary/aromatic N) is 1. The first kappa shape index (κ1) is 11.1. The fourth-order valence-electron chi connectivity index (χ4n) is 2.55. The minimum absolute atomic E-state index is 0.253. The summed E-state index contributed by atoms with van der Waals surface area (Å²) in [7, 11) is 0. The summed E-state index contributed by atoms with van der Waals surface area (Å²) in [5.74, 6) is 0.253. The predicted octanol–water partition coefficient (Wildman–Crippen LogP) is 3.76. The number of ketones is 1. The lowest BCUT2D eigenvalue weighted by Gasteiger charge is -2.08. The molecule has 0 unspecified atom stereocenters. The quantitative estimate of drug-likeness (QED) is 0.755. The number of benzene rings is 1. The van der Waals surface area contributed by atoms with E-state index in [1.807, 2.05) is 24.3 Å². The number of rotatable bonds is 1. The second-order valence-electron chi connectivity index (χ2n) is 4.72. The minimum Gasteiger partial charge on any atom is -0.295 e. The van der Waals surface area contributed by atoms with E-state index in [0.29, 0.717) is 6.42 Å². The van der Waals surface area contributed by atoms with Crippen LogP contribution in [0.25, 0.3) is 16.5 Å². The van der Waals surface area contributed by atoms with Gasteiger partial charge in [-0.1, -0.05) is 18.2 Å². The van der Waals surface area contributed by atoms with Crippen molar-refractivity contribution in [3.63, 3.8) is 0 Å². The molecule has 2 aromatic rings. The lowest BCUT2D eigenvalue weighted by Crippen LogP contribution is -1.92. The van der Waals surface area contributed by atoms with E-state index in [1.165, 1.54) is 0 Å². The molecule has 1 aromatic carbocycles. The number of hydrogen-bond acceptors (Lipinski definition) is 2. The largest absolute Gasteiger partial charge is 0.295 e. The zero-order valence-corrected chi connectivity index (χ0v) is 10.2. The van der Waals surface area contributed by atoms with E-state index in [2.05, 4.69) is 17.1 Å². The number of fused-ring (bicyclic) bond motifs is 1. The molecule has 0 saturated heterocycles. The van der Waals surface area contributed by atoms with Gasteiger partial charge >= 0.3 is 0 Å². The molecule has 0 N–H and O–H groups in total. The Bertz CT molecular complexity index is 623. The molecular weight excluding hydrogens is 222 g/mol. The van der Waals surface area contributed by atoms with Crippen molar-refractivity contribution in [1.82, 2.24) is 4.98 Å². The summed E-state index contributed by atoms with van der Waals surface area (Å²) in [6.07, 6.45) is 7.40. The van der Waals surface area contributed by atoms with E-state index in [-0.39, 0.29) is 5.78 Å². The van der Waals surface area contributed by atoms with Gasteiger partial charge in [-0.2, -0.15) is 0 Å². The van der Waals surface area contributed by atoms with Crippen LogP contribution in [-0.2, 0) is 4.79 Å². The Morgan fingerprint density at radius 1 is 1.00 bits per heavy atom. The maximum absolute atomic E-state index is 11.7. The molecule has 0 spiro atoms. The van der Waals surface area contributed by atoms with Crippen molar-refractivity contribution in [2.24, 2.45) is 0 Å². The molecule has 90 valence electrons. The molecule has 0 fully saturated rings. The van der Waals surface area contributed by atoms with E-state index in [0.717, 1.165) is 41.3 Å². The second-order valence-corrected chi connectivity index (χ2v) is 4.72. The van der Waals surface area contributed by atoms with Gasteiger partial charge in [-0.25, -0.2) is 0 Å². The fourth-order valence-corrected chi connectivity index (χ4v) is 2.55. The van der Waals surface area contributed by atoms with Crippen LogP contribution in [-0.4, -0.2) is 10.8 Å². The van der Waals surface area contributed by atoms with Gasteiger partial charge in [0.2, 0.25) is 0 Å². The van der Waals surface area contributed by atoms with E-state index in [1.54, 1.807) is 6.20 Å². The maximum atomic E-state index is 11.7. The van der Waals surface area contributed by atoms with Gasteiger partial charge in [0.15, 0.2) is 5.78 Å². The van der Waals surface area contributed by atoms with Crippen LogP contribution in [0.5, 0.6) is 0 Å². The molecular formula is C16H15NO. The van der Waals surface area contributed by atoms with E-state index in [9.17, 15) is 4.79 Å². The van der Waals surface area contributed by atoms with Gasteiger partial charge in [0, 0.05) is 18.0 Å². The van der Waals surface area contributed by atoms with Crippen molar-refractivity contribution in [3.05, 3.63) is 48.2 Å². The van der Waals surface area contributed by atoms with Crippen LogP contribution in [0.3, 0.4) is 0 Å².